The molecular formula is C40H37ClN4O2. The van der Waals surface area contributed by atoms with Gasteiger partial charge in [0.05, 0.1) is 11.1 Å². The second-order valence-electron chi connectivity index (χ2n) is 14.6. The summed E-state index contributed by atoms with van der Waals surface area (Å²) in [5, 5.41) is 14.1. The number of hydrogen-bond acceptors (Lipinski definition) is 6. The van der Waals surface area contributed by atoms with E-state index in [9.17, 15) is 0 Å². The van der Waals surface area contributed by atoms with Crippen molar-refractivity contribution in [1.29, 1.82) is 0 Å². The van der Waals surface area contributed by atoms with Gasteiger partial charge in [0.15, 0.2) is 11.2 Å². The monoisotopic (exact) mass is 640 g/mol. The van der Waals surface area contributed by atoms with E-state index in [1.54, 1.807) is 0 Å². The van der Waals surface area contributed by atoms with Gasteiger partial charge >= 0.3 is 0 Å². The molecule has 0 spiro atoms. The zero-order valence-electron chi connectivity index (χ0n) is 26.2. The maximum Gasteiger partial charge on any atom is 0.202 e. The lowest BCUT2D eigenvalue weighted by Crippen LogP contribution is -2.29. The van der Waals surface area contributed by atoms with Crippen molar-refractivity contribution in [2.24, 2.45) is 0 Å². The number of oxazole rings is 1. The molecule has 4 saturated carbocycles. The van der Waals surface area contributed by atoms with Crippen LogP contribution >= 0.6 is 11.6 Å². The molecule has 2 heterocycles. The minimum atomic E-state index is 0.0139. The Morgan fingerprint density at radius 2 is 1.38 bits per heavy atom. The Morgan fingerprint density at radius 3 is 2.11 bits per heavy atom. The smallest absolute Gasteiger partial charge is 0.202 e. The highest BCUT2D eigenvalue weighted by molar-refractivity contribution is 6.31. The van der Waals surface area contributed by atoms with Gasteiger partial charge in [-0.2, -0.15) is 0 Å². The van der Waals surface area contributed by atoms with Crippen LogP contribution in [-0.4, -0.2) is 35.3 Å². The van der Waals surface area contributed by atoms with E-state index in [2.05, 4.69) is 88.6 Å². The highest BCUT2D eigenvalue weighted by Crippen LogP contribution is 2.52. The first kappa shape index (κ1) is 28.1. The molecular weight excluding hydrogens is 604 g/mol. The highest BCUT2D eigenvalue weighted by atomic mass is 35.5. The lowest BCUT2D eigenvalue weighted by Gasteiger charge is -2.14. The molecule has 4 aromatic carbocycles. The van der Waals surface area contributed by atoms with Crippen LogP contribution < -0.4 is 10.6 Å². The van der Waals surface area contributed by atoms with E-state index < -0.39 is 0 Å². The van der Waals surface area contributed by atoms with Crippen LogP contribution in [0.5, 0.6) is 0 Å². The molecule has 6 aromatic rings. The van der Waals surface area contributed by atoms with Gasteiger partial charge in [0.25, 0.3) is 0 Å². The Balaban J connectivity index is 0.773. The van der Waals surface area contributed by atoms with Gasteiger partial charge in [0.2, 0.25) is 5.89 Å². The zero-order chi connectivity index (χ0) is 31.2. The average Bonchev–Trinajstić information content (AvgIpc) is 3.96. The maximum atomic E-state index is 6.16. The molecule has 4 fully saturated rings. The standard InChI is InChI=1S/C40H37ClN4O2/c41-28-11-13-32-36(19-28)46-38(44-32)40(16-17-40)23-43-34-21-31(34)26-8-6-24(7-9-26)27-10-12-29-35(18-27)47-45-37(29)39(14-15-39)22-42-33-20-30(33)25-4-2-1-3-5-25/h1-13,18-19,30-31,33-34,42-43H,14-17,20-23H2/t30?,31-,33?,34?/m1/s1. The fourth-order valence-corrected chi connectivity index (χ4v) is 7.91. The lowest BCUT2D eigenvalue weighted by molar-refractivity contribution is 0.427. The number of nitrogens with one attached hydrogen (secondary N) is 2. The van der Waals surface area contributed by atoms with E-state index in [0.717, 1.165) is 78.8 Å². The van der Waals surface area contributed by atoms with Crippen molar-refractivity contribution < 1.29 is 8.94 Å². The van der Waals surface area contributed by atoms with Crippen molar-refractivity contribution in [3.05, 3.63) is 119 Å². The largest absolute Gasteiger partial charge is 0.440 e. The van der Waals surface area contributed by atoms with E-state index >= 15 is 0 Å². The molecule has 6 nitrogen and oxygen atoms in total. The Morgan fingerprint density at radius 1 is 0.702 bits per heavy atom. The van der Waals surface area contributed by atoms with E-state index in [0.29, 0.717) is 28.9 Å². The van der Waals surface area contributed by atoms with Crippen molar-refractivity contribution in [3.63, 3.8) is 0 Å². The number of rotatable bonds is 11. The summed E-state index contributed by atoms with van der Waals surface area (Å²) < 4.78 is 12.1. The number of benzene rings is 4. The fourth-order valence-electron chi connectivity index (χ4n) is 7.74. The van der Waals surface area contributed by atoms with E-state index in [1.165, 1.54) is 28.7 Å². The summed E-state index contributed by atoms with van der Waals surface area (Å²) >= 11 is 6.16. The molecule has 2 N–H and O–H groups in total. The van der Waals surface area contributed by atoms with Gasteiger partial charge in [0, 0.05) is 58.9 Å². The third-order valence-electron chi connectivity index (χ3n) is 11.4. The van der Waals surface area contributed by atoms with Crippen LogP contribution in [0.2, 0.25) is 5.02 Å². The average molecular weight is 641 g/mol. The SMILES string of the molecule is Clc1ccc2nc(C3(CNC4C[C@@H]4c4ccc(-c5ccc6c(C7(CNC8CC8c8ccccc8)CC7)noc6c5)cc4)CC3)oc2c1. The van der Waals surface area contributed by atoms with Gasteiger partial charge in [-0.25, -0.2) is 4.98 Å². The Kier molecular flexibility index (Phi) is 6.28. The zero-order valence-corrected chi connectivity index (χ0v) is 27.0. The van der Waals surface area contributed by atoms with Gasteiger partial charge < -0.3 is 19.6 Å². The summed E-state index contributed by atoms with van der Waals surface area (Å²) in [6.45, 7) is 1.87. The molecule has 7 heteroatoms. The molecule has 0 radical (unpaired) electrons. The first-order chi connectivity index (χ1) is 23.1. The second-order valence-corrected chi connectivity index (χ2v) is 15.1. The van der Waals surface area contributed by atoms with Crippen LogP contribution in [0.15, 0.2) is 99.9 Å². The van der Waals surface area contributed by atoms with Gasteiger partial charge in [-0.15, -0.1) is 0 Å². The van der Waals surface area contributed by atoms with Crippen LogP contribution in [0.3, 0.4) is 0 Å². The molecule has 47 heavy (non-hydrogen) atoms. The molecule has 2 aromatic heterocycles. The third-order valence-corrected chi connectivity index (χ3v) is 11.6. The van der Waals surface area contributed by atoms with Crippen LogP contribution in [0.1, 0.15) is 73.1 Å². The van der Waals surface area contributed by atoms with Gasteiger partial charge in [0.1, 0.15) is 5.52 Å². The number of halogens is 1. The third kappa shape index (κ3) is 5.09. The van der Waals surface area contributed by atoms with Crippen molar-refractivity contribution in [2.75, 3.05) is 13.1 Å². The highest BCUT2D eigenvalue weighted by Gasteiger charge is 2.51. The normalized spacial score (nSPS) is 24.9. The minimum absolute atomic E-state index is 0.0139. The predicted octanol–water partition coefficient (Wildman–Crippen LogP) is 8.64. The molecule has 0 amide bonds. The van der Waals surface area contributed by atoms with E-state index in [-0.39, 0.29) is 10.8 Å². The summed E-state index contributed by atoms with van der Waals surface area (Å²) in [4.78, 5) is 4.79. The number of hydrogen-bond donors (Lipinski definition) is 2. The molecule has 3 unspecified atom stereocenters. The Bertz CT molecular complexity index is 2110. The van der Waals surface area contributed by atoms with Crippen LogP contribution in [0.25, 0.3) is 33.2 Å². The van der Waals surface area contributed by atoms with Crippen molar-refractivity contribution in [2.45, 2.75) is 73.3 Å². The quantitative estimate of drug-likeness (QED) is 0.148. The molecule has 0 aliphatic heterocycles. The van der Waals surface area contributed by atoms with Crippen LogP contribution in [0, 0.1) is 0 Å². The maximum absolute atomic E-state index is 6.16. The van der Waals surface area contributed by atoms with E-state index in [4.69, 9.17) is 25.5 Å². The summed E-state index contributed by atoms with van der Waals surface area (Å²) in [5.74, 6) is 2.03. The van der Waals surface area contributed by atoms with Crippen molar-refractivity contribution in [3.8, 4) is 11.1 Å². The minimum Gasteiger partial charge on any atom is -0.440 e. The number of fused-ring (bicyclic) bond motifs is 2. The topological polar surface area (TPSA) is 76.1 Å². The van der Waals surface area contributed by atoms with Gasteiger partial charge in [-0.05, 0) is 85.0 Å². The molecule has 10 rings (SSSR count). The summed E-state index contributed by atoms with van der Waals surface area (Å²) in [6.07, 6.45) is 6.93. The van der Waals surface area contributed by atoms with Gasteiger partial charge in [-0.1, -0.05) is 77.4 Å². The molecule has 4 atom stereocenters. The predicted molar refractivity (Wildman–Crippen MR) is 185 cm³/mol. The summed E-state index contributed by atoms with van der Waals surface area (Å²) in [6, 6.07) is 33.3. The fraction of sp³-hybridized carbons (Fsp3) is 0.350. The molecule has 236 valence electrons. The Hall–Kier alpha value is -3.97. The molecule has 4 aliphatic rings. The Labute approximate surface area is 278 Å². The number of nitrogens with zero attached hydrogens (tertiary/aromatic N) is 2. The van der Waals surface area contributed by atoms with E-state index in [1.807, 2.05) is 18.2 Å². The molecule has 4 aliphatic carbocycles. The number of aromatic nitrogens is 2. The van der Waals surface area contributed by atoms with Crippen LogP contribution in [-0.2, 0) is 10.8 Å². The summed E-state index contributed by atoms with van der Waals surface area (Å²) in [5.41, 5.74) is 8.98. The molecule has 0 bridgehead atoms. The first-order valence-electron chi connectivity index (χ1n) is 17.1. The second kappa shape index (κ2) is 10.5. The molecule has 0 saturated heterocycles. The van der Waals surface area contributed by atoms with Crippen molar-refractivity contribution >= 4 is 33.7 Å². The van der Waals surface area contributed by atoms with Crippen LogP contribution in [0.4, 0.5) is 0 Å². The first-order valence-corrected chi connectivity index (χ1v) is 17.5. The summed E-state index contributed by atoms with van der Waals surface area (Å²) in [7, 11) is 0. The van der Waals surface area contributed by atoms with Crippen molar-refractivity contribution in [1.82, 2.24) is 20.8 Å². The lowest BCUT2D eigenvalue weighted by atomic mass is 9.96. The van der Waals surface area contributed by atoms with Gasteiger partial charge in [-0.3, -0.25) is 0 Å².